The number of nitrogens with one attached hydrogen (secondary N) is 1. The number of amides is 1. The Morgan fingerprint density at radius 2 is 2.33 bits per heavy atom. The van der Waals surface area contributed by atoms with Gasteiger partial charge in [0, 0.05) is 37.5 Å². The van der Waals surface area contributed by atoms with E-state index in [1.165, 1.54) is 10.6 Å². The maximum Gasteiger partial charge on any atom is 0.251 e. The second-order valence-corrected chi connectivity index (χ2v) is 3.55. The first-order chi connectivity index (χ1) is 7.00. The summed E-state index contributed by atoms with van der Waals surface area (Å²) in [5, 5.41) is 2.63. The molecule has 15 heavy (non-hydrogen) atoms. The molecule has 82 valence electrons. The van der Waals surface area contributed by atoms with Gasteiger partial charge in [-0.15, -0.1) is 0 Å². The van der Waals surface area contributed by atoms with Crippen LogP contribution in [0.1, 0.15) is 17.3 Å². The summed E-state index contributed by atoms with van der Waals surface area (Å²) < 4.78 is 1.41. The normalized spacial score (nSPS) is 12.2. The van der Waals surface area contributed by atoms with Crippen LogP contribution in [0.25, 0.3) is 0 Å². The zero-order valence-corrected chi connectivity index (χ0v) is 8.86. The molecule has 1 unspecified atom stereocenters. The summed E-state index contributed by atoms with van der Waals surface area (Å²) in [6.45, 7) is 2.19. The van der Waals surface area contributed by atoms with Gasteiger partial charge in [0.15, 0.2) is 0 Å². The lowest BCUT2D eigenvalue weighted by Gasteiger charge is -2.07. The maximum absolute atomic E-state index is 11.5. The van der Waals surface area contributed by atoms with Crippen molar-refractivity contribution >= 4 is 5.91 Å². The molecule has 5 nitrogen and oxygen atoms in total. The van der Waals surface area contributed by atoms with Gasteiger partial charge < -0.3 is 15.6 Å². The van der Waals surface area contributed by atoms with Crippen LogP contribution < -0.4 is 16.6 Å². The first-order valence-corrected chi connectivity index (χ1v) is 4.71. The van der Waals surface area contributed by atoms with Crippen LogP contribution in [0.4, 0.5) is 0 Å². The van der Waals surface area contributed by atoms with Crippen LogP contribution >= 0.6 is 0 Å². The Kier molecular flexibility index (Phi) is 3.62. The number of pyridine rings is 1. The van der Waals surface area contributed by atoms with E-state index >= 15 is 0 Å². The highest BCUT2D eigenvalue weighted by Crippen LogP contribution is 1.93. The van der Waals surface area contributed by atoms with Gasteiger partial charge in [-0.05, 0) is 13.0 Å². The summed E-state index contributed by atoms with van der Waals surface area (Å²) in [7, 11) is 1.63. The molecular weight excluding hydrogens is 194 g/mol. The number of aryl methyl sites for hydroxylation is 1. The highest BCUT2D eigenvalue weighted by Gasteiger charge is 2.06. The summed E-state index contributed by atoms with van der Waals surface area (Å²) in [6.07, 6.45) is 1.56. The summed E-state index contributed by atoms with van der Waals surface area (Å²) in [4.78, 5) is 22.7. The highest BCUT2D eigenvalue weighted by atomic mass is 16.2. The molecule has 0 radical (unpaired) electrons. The molecule has 1 rings (SSSR count). The number of carbonyl (C=O) groups is 1. The van der Waals surface area contributed by atoms with Crippen LogP contribution in [0.5, 0.6) is 0 Å². The molecule has 1 heterocycles. The van der Waals surface area contributed by atoms with Crippen molar-refractivity contribution in [3.05, 3.63) is 34.2 Å². The topological polar surface area (TPSA) is 77.1 Å². The Morgan fingerprint density at radius 1 is 1.67 bits per heavy atom. The van der Waals surface area contributed by atoms with Crippen molar-refractivity contribution in [1.82, 2.24) is 9.88 Å². The molecule has 0 fully saturated rings. The zero-order chi connectivity index (χ0) is 11.4. The van der Waals surface area contributed by atoms with Crippen LogP contribution in [0, 0.1) is 0 Å². The van der Waals surface area contributed by atoms with E-state index in [1.807, 2.05) is 0 Å². The Bertz CT molecular complexity index is 409. The number of nitrogens with two attached hydrogens (primary N) is 1. The summed E-state index contributed by atoms with van der Waals surface area (Å²) in [5.41, 5.74) is 5.65. The SMILES string of the molecule is CC(N)CNC(=O)c1ccn(C)c(=O)c1. The molecule has 1 atom stereocenters. The molecule has 1 aromatic heterocycles. The zero-order valence-electron chi connectivity index (χ0n) is 8.86. The fourth-order valence-electron chi connectivity index (χ4n) is 1.05. The van der Waals surface area contributed by atoms with Crippen LogP contribution in [0.15, 0.2) is 23.1 Å². The summed E-state index contributed by atoms with van der Waals surface area (Å²) in [6, 6.07) is 2.80. The number of rotatable bonds is 3. The molecule has 0 aliphatic rings. The van der Waals surface area contributed by atoms with Crippen molar-refractivity contribution < 1.29 is 4.79 Å². The van der Waals surface area contributed by atoms with Crippen LogP contribution in [0.2, 0.25) is 0 Å². The van der Waals surface area contributed by atoms with Gasteiger partial charge in [0.05, 0.1) is 0 Å². The van der Waals surface area contributed by atoms with Crippen LogP contribution in [0.3, 0.4) is 0 Å². The number of hydrogen-bond acceptors (Lipinski definition) is 3. The minimum Gasteiger partial charge on any atom is -0.350 e. The predicted octanol–water partition coefficient (Wildman–Crippen LogP) is -0.538. The Labute approximate surface area is 87.9 Å². The van der Waals surface area contributed by atoms with Crippen molar-refractivity contribution in [2.24, 2.45) is 12.8 Å². The summed E-state index contributed by atoms with van der Waals surface area (Å²) >= 11 is 0. The van der Waals surface area contributed by atoms with Crippen molar-refractivity contribution in [1.29, 1.82) is 0 Å². The summed E-state index contributed by atoms with van der Waals surface area (Å²) in [5.74, 6) is -0.273. The molecule has 0 aliphatic heterocycles. The molecule has 0 aliphatic carbocycles. The van der Waals surface area contributed by atoms with Gasteiger partial charge in [0.2, 0.25) is 0 Å². The fraction of sp³-hybridized carbons (Fsp3) is 0.400. The quantitative estimate of drug-likeness (QED) is 0.702. The van der Waals surface area contributed by atoms with Crippen LogP contribution in [-0.2, 0) is 7.05 Å². The standard InChI is InChI=1S/C10H15N3O2/c1-7(11)6-12-10(15)8-3-4-13(2)9(14)5-8/h3-5,7H,6,11H2,1-2H3,(H,12,15). The van der Waals surface area contributed by atoms with E-state index < -0.39 is 0 Å². The van der Waals surface area contributed by atoms with Crippen molar-refractivity contribution in [3.63, 3.8) is 0 Å². The average Bonchev–Trinajstić information content (AvgIpc) is 2.18. The van der Waals surface area contributed by atoms with E-state index in [0.29, 0.717) is 12.1 Å². The predicted molar refractivity (Wildman–Crippen MR) is 57.7 cm³/mol. The monoisotopic (exact) mass is 209 g/mol. The molecule has 5 heteroatoms. The highest BCUT2D eigenvalue weighted by molar-refractivity contribution is 5.93. The first-order valence-electron chi connectivity index (χ1n) is 4.71. The molecule has 1 aromatic rings. The molecular formula is C10H15N3O2. The number of nitrogens with zero attached hydrogens (tertiary/aromatic N) is 1. The second-order valence-electron chi connectivity index (χ2n) is 3.55. The van der Waals surface area contributed by atoms with Gasteiger partial charge in [-0.25, -0.2) is 0 Å². The van der Waals surface area contributed by atoms with Gasteiger partial charge in [-0.1, -0.05) is 0 Å². The lowest BCUT2D eigenvalue weighted by atomic mass is 10.2. The van der Waals surface area contributed by atoms with Gasteiger partial charge in [-0.3, -0.25) is 9.59 Å². The van der Waals surface area contributed by atoms with E-state index in [9.17, 15) is 9.59 Å². The molecule has 0 aromatic carbocycles. The fourth-order valence-corrected chi connectivity index (χ4v) is 1.05. The third-order valence-corrected chi connectivity index (χ3v) is 1.95. The third-order valence-electron chi connectivity index (χ3n) is 1.95. The van der Waals surface area contributed by atoms with Gasteiger partial charge in [-0.2, -0.15) is 0 Å². The largest absolute Gasteiger partial charge is 0.350 e. The van der Waals surface area contributed by atoms with E-state index in [0.717, 1.165) is 0 Å². The second kappa shape index (κ2) is 4.75. The molecule has 3 N–H and O–H groups in total. The van der Waals surface area contributed by atoms with E-state index in [2.05, 4.69) is 5.32 Å². The van der Waals surface area contributed by atoms with E-state index in [-0.39, 0.29) is 17.5 Å². The number of hydrogen-bond donors (Lipinski definition) is 2. The van der Waals surface area contributed by atoms with Crippen molar-refractivity contribution in [2.45, 2.75) is 13.0 Å². The van der Waals surface area contributed by atoms with Crippen LogP contribution in [-0.4, -0.2) is 23.1 Å². The van der Waals surface area contributed by atoms with Gasteiger partial charge >= 0.3 is 0 Å². The minimum absolute atomic E-state index is 0.0968. The number of aromatic nitrogens is 1. The number of carbonyl (C=O) groups excluding carboxylic acids is 1. The lowest BCUT2D eigenvalue weighted by Crippen LogP contribution is -2.35. The average molecular weight is 209 g/mol. The Morgan fingerprint density at radius 3 is 2.87 bits per heavy atom. The molecule has 0 bridgehead atoms. The molecule has 0 saturated heterocycles. The minimum atomic E-state index is -0.273. The molecule has 1 amide bonds. The maximum atomic E-state index is 11.5. The van der Waals surface area contributed by atoms with E-state index in [4.69, 9.17) is 5.73 Å². The van der Waals surface area contributed by atoms with Gasteiger partial charge in [0.1, 0.15) is 0 Å². The lowest BCUT2D eigenvalue weighted by molar-refractivity contribution is 0.0951. The first kappa shape index (κ1) is 11.5. The van der Waals surface area contributed by atoms with Gasteiger partial charge in [0.25, 0.3) is 11.5 Å². The molecule has 0 spiro atoms. The van der Waals surface area contributed by atoms with E-state index in [1.54, 1.807) is 26.2 Å². The van der Waals surface area contributed by atoms with Crippen molar-refractivity contribution in [2.75, 3.05) is 6.54 Å². The molecule has 0 saturated carbocycles. The van der Waals surface area contributed by atoms with Crippen molar-refractivity contribution in [3.8, 4) is 0 Å². The Balaban J connectivity index is 2.75. The smallest absolute Gasteiger partial charge is 0.251 e. The Hall–Kier alpha value is -1.62. The third kappa shape index (κ3) is 3.21.